The third-order valence-corrected chi connectivity index (χ3v) is 6.64. The van der Waals surface area contributed by atoms with E-state index < -0.39 is 9.84 Å². The number of aryl methyl sites for hydroxylation is 1. The fourth-order valence-corrected chi connectivity index (χ4v) is 5.37. The van der Waals surface area contributed by atoms with Crippen molar-refractivity contribution >= 4 is 21.2 Å². The van der Waals surface area contributed by atoms with E-state index in [0.29, 0.717) is 5.01 Å². The van der Waals surface area contributed by atoms with Crippen molar-refractivity contribution in [1.82, 2.24) is 14.5 Å². The van der Waals surface area contributed by atoms with Gasteiger partial charge in [-0.2, -0.15) is 0 Å². The van der Waals surface area contributed by atoms with E-state index in [1.54, 1.807) is 10.8 Å². The van der Waals surface area contributed by atoms with E-state index >= 15 is 0 Å². The van der Waals surface area contributed by atoms with E-state index in [2.05, 4.69) is 9.97 Å². The van der Waals surface area contributed by atoms with Gasteiger partial charge in [0, 0.05) is 29.0 Å². The van der Waals surface area contributed by atoms with Crippen molar-refractivity contribution in [3.8, 4) is 16.9 Å². The number of imidazole rings is 1. The molecular formula is C20H17N3O2S2. The SMILES string of the molecule is Cc1cccc(-n2ccnc2S(=O)(=O)Cc2nc(-c3ccccc3)cs2)c1. The Bertz CT molecular complexity index is 1180. The van der Waals surface area contributed by atoms with Crippen LogP contribution in [0.3, 0.4) is 0 Å². The fraction of sp³-hybridized carbons (Fsp3) is 0.100. The second kappa shape index (κ2) is 7.09. The average Bonchev–Trinajstić information content (AvgIpc) is 3.32. The van der Waals surface area contributed by atoms with E-state index in [1.165, 1.54) is 17.5 Å². The first-order valence-electron chi connectivity index (χ1n) is 8.36. The largest absolute Gasteiger partial charge is 0.291 e. The van der Waals surface area contributed by atoms with Gasteiger partial charge < -0.3 is 0 Å². The van der Waals surface area contributed by atoms with E-state index in [9.17, 15) is 8.42 Å². The minimum absolute atomic E-state index is 0.0320. The lowest BCUT2D eigenvalue weighted by atomic mass is 10.2. The van der Waals surface area contributed by atoms with Gasteiger partial charge in [-0.05, 0) is 24.6 Å². The fourth-order valence-electron chi connectivity index (χ4n) is 2.84. The molecule has 2 aromatic carbocycles. The minimum atomic E-state index is -3.63. The molecule has 0 N–H and O–H groups in total. The number of benzene rings is 2. The van der Waals surface area contributed by atoms with E-state index in [4.69, 9.17) is 0 Å². The van der Waals surface area contributed by atoms with Gasteiger partial charge in [-0.1, -0.05) is 42.5 Å². The lowest BCUT2D eigenvalue weighted by molar-refractivity contribution is 0.583. The molecule has 0 unspecified atom stereocenters. The number of hydrogen-bond donors (Lipinski definition) is 0. The Labute approximate surface area is 161 Å². The first-order valence-corrected chi connectivity index (χ1v) is 10.9. The standard InChI is InChI=1S/C20H17N3O2S2/c1-15-6-5-9-17(12-15)23-11-10-21-20(23)27(24,25)14-19-22-18(13-26-19)16-7-3-2-4-8-16/h2-13H,14H2,1H3. The van der Waals surface area contributed by atoms with Crippen LogP contribution in [-0.2, 0) is 15.6 Å². The van der Waals surface area contributed by atoms with Gasteiger partial charge in [0.25, 0.3) is 0 Å². The maximum Gasteiger partial charge on any atom is 0.232 e. The Morgan fingerprint density at radius 2 is 1.89 bits per heavy atom. The number of nitrogens with zero attached hydrogens (tertiary/aromatic N) is 3. The Kier molecular flexibility index (Phi) is 4.63. The number of sulfone groups is 1. The van der Waals surface area contributed by atoms with Gasteiger partial charge in [0.15, 0.2) is 0 Å². The molecule has 0 atom stereocenters. The first-order chi connectivity index (χ1) is 13.0. The number of thiazole rings is 1. The summed E-state index contributed by atoms with van der Waals surface area (Å²) < 4.78 is 27.5. The number of aromatic nitrogens is 3. The van der Waals surface area contributed by atoms with Crippen LogP contribution in [0.4, 0.5) is 0 Å². The molecule has 0 bridgehead atoms. The van der Waals surface area contributed by atoms with Crippen LogP contribution >= 0.6 is 11.3 Å². The molecular weight excluding hydrogens is 378 g/mol. The predicted molar refractivity (Wildman–Crippen MR) is 107 cm³/mol. The molecule has 0 spiro atoms. The van der Waals surface area contributed by atoms with Gasteiger partial charge in [0.1, 0.15) is 10.8 Å². The average molecular weight is 396 g/mol. The van der Waals surface area contributed by atoms with Crippen LogP contribution in [0, 0.1) is 6.92 Å². The first kappa shape index (κ1) is 17.6. The molecule has 136 valence electrons. The smallest absolute Gasteiger partial charge is 0.232 e. The number of hydrogen-bond acceptors (Lipinski definition) is 5. The lowest BCUT2D eigenvalue weighted by Gasteiger charge is -2.08. The highest BCUT2D eigenvalue weighted by atomic mass is 32.2. The molecule has 0 aliphatic heterocycles. The van der Waals surface area contributed by atoms with E-state index in [1.807, 2.05) is 66.9 Å². The quantitative estimate of drug-likeness (QED) is 0.506. The highest BCUT2D eigenvalue weighted by molar-refractivity contribution is 7.90. The second-order valence-corrected chi connectivity index (χ2v) is 9.00. The summed E-state index contributed by atoms with van der Waals surface area (Å²) in [5.74, 6) is -0.173. The summed E-state index contributed by atoms with van der Waals surface area (Å²) in [4.78, 5) is 8.60. The number of rotatable bonds is 5. The molecule has 0 aliphatic rings. The van der Waals surface area contributed by atoms with E-state index in [-0.39, 0.29) is 10.9 Å². The predicted octanol–water partition coefficient (Wildman–Crippen LogP) is 4.28. The van der Waals surface area contributed by atoms with Gasteiger partial charge in [-0.15, -0.1) is 11.3 Å². The van der Waals surface area contributed by atoms with Crippen LogP contribution < -0.4 is 0 Å². The Morgan fingerprint density at radius 1 is 1.07 bits per heavy atom. The Hall–Kier alpha value is -2.77. The normalized spacial score (nSPS) is 11.6. The minimum Gasteiger partial charge on any atom is -0.291 e. The van der Waals surface area contributed by atoms with Crippen molar-refractivity contribution < 1.29 is 8.42 Å². The van der Waals surface area contributed by atoms with Gasteiger partial charge in [-0.3, -0.25) is 4.57 Å². The maximum atomic E-state index is 13.0. The molecule has 2 heterocycles. The molecule has 0 radical (unpaired) electrons. The van der Waals surface area contributed by atoms with Crippen molar-refractivity contribution in [2.75, 3.05) is 0 Å². The molecule has 0 amide bonds. The molecule has 0 saturated heterocycles. The summed E-state index contributed by atoms with van der Waals surface area (Å²) in [7, 11) is -3.63. The van der Waals surface area contributed by atoms with E-state index in [0.717, 1.165) is 22.5 Å². The van der Waals surface area contributed by atoms with Crippen molar-refractivity contribution in [2.45, 2.75) is 17.8 Å². The summed E-state index contributed by atoms with van der Waals surface area (Å²) in [6, 6.07) is 17.4. The van der Waals surface area contributed by atoms with Crippen LogP contribution in [0.2, 0.25) is 0 Å². The van der Waals surface area contributed by atoms with Crippen molar-refractivity contribution in [3.63, 3.8) is 0 Å². The zero-order valence-corrected chi connectivity index (χ0v) is 16.2. The summed E-state index contributed by atoms with van der Waals surface area (Å²) >= 11 is 1.35. The molecule has 0 aliphatic carbocycles. The third kappa shape index (κ3) is 3.70. The van der Waals surface area contributed by atoms with Crippen LogP contribution in [-0.4, -0.2) is 23.0 Å². The highest BCUT2D eigenvalue weighted by Crippen LogP contribution is 2.25. The highest BCUT2D eigenvalue weighted by Gasteiger charge is 2.24. The molecule has 27 heavy (non-hydrogen) atoms. The van der Waals surface area contributed by atoms with Gasteiger partial charge in [0.2, 0.25) is 15.0 Å². The third-order valence-electron chi connectivity index (χ3n) is 4.10. The van der Waals surface area contributed by atoms with Crippen molar-refractivity contribution in [3.05, 3.63) is 82.9 Å². The van der Waals surface area contributed by atoms with Crippen LogP contribution in [0.25, 0.3) is 16.9 Å². The summed E-state index contributed by atoms with van der Waals surface area (Å²) in [5, 5.41) is 2.46. The lowest BCUT2D eigenvalue weighted by Crippen LogP contribution is -2.12. The molecule has 7 heteroatoms. The summed E-state index contributed by atoms with van der Waals surface area (Å²) in [6.45, 7) is 1.97. The molecule has 0 saturated carbocycles. The van der Waals surface area contributed by atoms with Gasteiger partial charge >= 0.3 is 0 Å². The maximum absolute atomic E-state index is 13.0. The van der Waals surface area contributed by atoms with Crippen molar-refractivity contribution in [2.24, 2.45) is 0 Å². The van der Waals surface area contributed by atoms with Gasteiger partial charge in [0.05, 0.1) is 5.69 Å². The molecule has 5 nitrogen and oxygen atoms in total. The van der Waals surface area contributed by atoms with Crippen LogP contribution in [0.1, 0.15) is 10.6 Å². The monoisotopic (exact) mass is 395 g/mol. The molecule has 2 aromatic heterocycles. The zero-order valence-electron chi connectivity index (χ0n) is 14.6. The summed E-state index contributed by atoms with van der Waals surface area (Å²) in [6.07, 6.45) is 3.17. The molecule has 0 fully saturated rings. The van der Waals surface area contributed by atoms with Crippen LogP contribution in [0.15, 0.2) is 77.5 Å². The topological polar surface area (TPSA) is 64.8 Å². The summed E-state index contributed by atoms with van der Waals surface area (Å²) in [5.41, 5.74) is 3.58. The van der Waals surface area contributed by atoms with Gasteiger partial charge in [-0.25, -0.2) is 18.4 Å². The Balaban J connectivity index is 1.64. The Morgan fingerprint density at radius 3 is 2.67 bits per heavy atom. The molecule has 4 rings (SSSR count). The zero-order chi connectivity index (χ0) is 18.9. The molecule has 4 aromatic rings. The van der Waals surface area contributed by atoms with Crippen LogP contribution in [0.5, 0.6) is 0 Å². The second-order valence-electron chi connectivity index (χ2n) is 6.17. The van der Waals surface area contributed by atoms with Crippen molar-refractivity contribution in [1.29, 1.82) is 0 Å².